The van der Waals surface area contributed by atoms with Crippen LogP contribution in [0.5, 0.6) is 0 Å². The van der Waals surface area contributed by atoms with Crippen molar-refractivity contribution in [3.8, 4) is 0 Å². The van der Waals surface area contributed by atoms with Gasteiger partial charge in [0.05, 0.1) is 5.75 Å². The minimum Gasteiger partial charge on any atom is -0.385 e. The summed E-state index contributed by atoms with van der Waals surface area (Å²) >= 11 is 0. The van der Waals surface area contributed by atoms with Crippen molar-refractivity contribution in [3.05, 3.63) is 0 Å². The third-order valence-electron chi connectivity index (χ3n) is 2.39. The molecule has 0 radical (unpaired) electrons. The highest BCUT2D eigenvalue weighted by atomic mass is 32.2. The predicted molar refractivity (Wildman–Crippen MR) is 61.2 cm³/mol. The lowest BCUT2D eigenvalue weighted by atomic mass is 10.0. The highest BCUT2D eigenvalue weighted by Crippen LogP contribution is 2.09. The van der Waals surface area contributed by atoms with Crippen LogP contribution in [0.3, 0.4) is 0 Å². The van der Waals surface area contributed by atoms with Crippen molar-refractivity contribution < 1.29 is 13.2 Å². The Bertz CT molecular complexity index is 261. The lowest BCUT2D eigenvalue weighted by Gasteiger charge is -2.27. The van der Waals surface area contributed by atoms with E-state index < -0.39 is 15.6 Å². The second-order valence-electron chi connectivity index (χ2n) is 3.89. The molecule has 0 heterocycles. The molecule has 0 aliphatic rings. The molecule has 0 saturated heterocycles. The van der Waals surface area contributed by atoms with Crippen molar-refractivity contribution in [1.82, 2.24) is 4.72 Å². The van der Waals surface area contributed by atoms with Gasteiger partial charge in [-0.25, -0.2) is 13.1 Å². The van der Waals surface area contributed by atoms with Crippen molar-refractivity contribution >= 4 is 10.0 Å². The van der Waals surface area contributed by atoms with E-state index in [1.165, 1.54) is 0 Å². The first-order valence-corrected chi connectivity index (χ1v) is 6.75. The summed E-state index contributed by atoms with van der Waals surface area (Å²) in [5.74, 6) is 0.0798. The largest absolute Gasteiger partial charge is 0.385 e. The van der Waals surface area contributed by atoms with Gasteiger partial charge in [-0.3, -0.25) is 0 Å². The normalized spacial score (nSPS) is 16.3. The van der Waals surface area contributed by atoms with Crippen LogP contribution in [0.15, 0.2) is 0 Å². The van der Waals surface area contributed by atoms with E-state index in [2.05, 4.69) is 4.72 Å². The highest BCUT2D eigenvalue weighted by molar-refractivity contribution is 7.89. The molecule has 0 aromatic heterocycles. The minimum absolute atomic E-state index is 0.0798. The minimum atomic E-state index is -3.25. The Morgan fingerprint density at radius 3 is 2.47 bits per heavy atom. The van der Waals surface area contributed by atoms with Gasteiger partial charge in [0.15, 0.2) is 0 Å². The SMILES string of the molecule is CCC(C)(CN)NS(=O)(=O)CCCOC. The molecule has 3 N–H and O–H groups in total. The maximum Gasteiger partial charge on any atom is 0.212 e. The van der Waals surface area contributed by atoms with Crippen molar-refractivity contribution in [3.63, 3.8) is 0 Å². The van der Waals surface area contributed by atoms with Gasteiger partial charge in [-0.05, 0) is 19.8 Å². The fourth-order valence-corrected chi connectivity index (χ4v) is 2.66. The van der Waals surface area contributed by atoms with Gasteiger partial charge >= 0.3 is 0 Å². The highest BCUT2D eigenvalue weighted by Gasteiger charge is 2.25. The molecule has 0 amide bonds. The zero-order valence-corrected chi connectivity index (χ0v) is 10.6. The molecule has 6 heteroatoms. The van der Waals surface area contributed by atoms with Gasteiger partial charge in [0, 0.05) is 25.8 Å². The fourth-order valence-electron chi connectivity index (χ4n) is 1.08. The predicted octanol–water partition coefficient (Wildman–Crippen LogP) is 0.0697. The van der Waals surface area contributed by atoms with Gasteiger partial charge in [0.2, 0.25) is 10.0 Å². The summed E-state index contributed by atoms with van der Waals surface area (Å²) in [7, 11) is -1.69. The lowest BCUT2D eigenvalue weighted by Crippen LogP contribution is -2.51. The van der Waals surface area contributed by atoms with E-state index in [0.717, 1.165) is 0 Å². The summed E-state index contributed by atoms with van der Waals surface area (Å²) in [6.45, 7) is 4.46. The average Bonchev–Trinajstić information content (AvgIpc) is 2.17. The maximum atomic E-state index is 11.6. The Kier molecular flexibility index (Phi) is 6.35. The van der Waals surface area contributed by atoms with E-state index in [1.807, 2.05) is 6.92 Å². The lowest BCUT2D eigenvalue weighted by molar-refractivity contribution is 0.199. The number of ether oxygens (including phenoxy) is 1. The Balaban J connectivity index is 4.24. The first-order valence-electron chi connectivity index (χ1n) is 5.10. The van der Waals surface area contributed by atoms with E-state index in [1.54, 1.807) is 14.0 Å². The summed E-state index contributed by atoms with van der Waals surface area (Å²) in [6, 6.07) is 0. The van der Waals surface area contributed by atoms with Crippen LogP contribution in [0.2, 0.25) is 0 Å². The van der Waals surface area contributed by atoms with Crippen molar-refractivity contribution in [2.24, 2.45) is 5.73 Å². The van der Waals surface area contributed by atoms with Crippen molar-refractivity contribution in [1.29, 1.82) is 0 Å². The van der Waals surface area contributed by atoms with Crippen LogP contribution in [0.4, 0.5) is 0 Å². The Morgan fingerprint density at radius 2 is 2.07 bits per heavy atom. The molecule has 0 fully saturated rings. The van der Waals surface area contributed by atoms with Crippen molar-refractivity contribution in [2.75, 3.05) is 26.0 Å². The monoisotopic (exact) mass is 238 g/mol. The van der Waals surface area contributed by atoms with Crippen molar-refractivity contribution in [2.45, 2.75) is 32.2 Å². The summed E-state index contributed by atoms with van der Waals surface area (Å²) in [5.41, 5.74) is 4.99. The van der Waals surface area contributed by atoms with Gasteiger partial charge in [-0.2, -0.15) is 0 Å². The second kappa shape index (κ2) is 6.42. The fraction of sp³-hybridized carbons (Fsp3) is 1.00. The van der Waals surface area contributed by atoms with Crippen LogP contribution in [0, 0.1) is 0 Å². The molecular weight excluding hydrogens is 216 g/mol. The summed E-state index contributed by atoms with van der Waals surface area (Å²) in [4.78, 5) is 0. The summed E-state index contributed by atoms with van der Waals surface area (Å²) in [6.07, 6.45) is 1.17. The number of hydrogen-bond donors (Lipinski definition) is 2. The van der Waals surface area contributed by atoms with Gasteiger partial charge < -0.3 is 10.5 Å². The molecular formula is C9H22N2O3S. The van der Waals surface area contributed by atoms with Crippen LogP contribution < -0.4 is 10.5 Å². The van der Waals surface area contributed by atoms with E-state index in [0.29, 0.717) is 26.0 Å². The van der Waals surface area contributed by atoms with E-state index >= 15 is 0 Å². The second-order valence-corrected chi connectivity index (χ2v) is 5.73. The van der Waals surface area contributed by atoms with Crippen LogP contribution in [-0.2, 0) is 14.8 Å². The zero-order chi connectivity index (χ0) is 11.9. The molecule has 0 saturated carbocycles. The molecule has 0 aromatic rings. The zero-order valence-electron chi connectivity index (χ0n) is 9.75. The number of methoxy groups -OCH3 is 1. The first kappa shape index (κ1) is 14.8. The van der Waals surface area contributed by atoms with Gasteiger partial charge in [-0.15, -0.1) is 0 Å². The van der Waals surface area contributed by atoms with Crippen LogP contribution in [0.1, 0.15) is 26.7 Å². The van der Waals surface area contributed by atoms with Crippen LogP contribution in [-0.4, -0.2) is 40.0 Å². The Labute approximate surface area is 92.4 Å². The third-order valence-corrected chi connectivity index (χ3v) is 4.02. The average molecular weight is 238 g/mol. The number of sulfonamides is 1. The molecule has 1 atom stereocenters. The Hall–Kier alpha value is -0.170. The molecule has 0 rings (SSSR count). The van der Waals surface area contributed by atoms with Gasteiger partial charge in [-0.1, -0.05) is 6.92 Å². The van der Waals surface area contributed by atoms with E-state index in [4.69, 9.17) is 10.5 Å². The smallest absolute Gasteiger partial charge is 0.212 e. The first-order chi connectivity index (χ1) is 6.89. The van der Waals surface area contributed by atoms with Crippen LogP contribution >= 0.6 is 0 Å². The molecule has 0 bridgehead atoms. The maximum absolute atomic E-state index is 11.6. The topological polar surface area (TPSA) is 81.4 Å². The molecule has 92 valence electrons. The standard InChI is InChI=1S/C9H22N2O3S/c1-4-9(2,8-10)11-15(12,13)7-5-6-14-3/h11H,4-8,10H2,1-3H3. The molecule has 0 aromatic carbocycles. The summed E-state index contributed by atoms with van der Waals surface area (Å²) in [5, 5.41) is 0. The van der Waals surface area contributed by atoms with Crippen LogP contribution in [0.25, 0.3) is 0 Å². The van der Waals surface area contributed by atoms with Gasteiger partial charge in [0.1, 0.15) is 0 Å². The third kappa shape index (κ3) is 6.09. The quantitative estimate of drug-likeness (QED) is 0.586. The molecule has 15 heavy (non-hydrogen) atoms. The van der Waals surface area contributed by atoms with Gasteiger partial charge in [0.25, 0.3) is 0 Å². The molecule has 0 aliphatic carbocycles. The number of rotatable bonds is 8. The van der Waals surface area contributed by atoms with E-state index in [-0.39, 0.29) is 5.75 Å². The number of nitrogens with two attached hydrogens (primary N) is 1. The Morgan fingerprint density at radius 1 is 1.47 bits per heavy atom. The molecule has 0 aliphatic heterocycles. The molecule has 1 unspecified atom stereocenters. The number of nitrogens with one attached hydrogen (secondary N) is 1. The summed E-state index contributed by atoms with van der Waals surface area (Å²) < 4.78 is 30.7. The molecule has 0 spiro atoms. The molecule has 5 nitrogen and oxygen atoms in total. The number of hydrogen-bond acceptors (Lipinski definition) is 4. The van der Waals surface area contributed by atoms with E-state index in [9.17, 15) is 8.42 Å².